The second-order valence-electron chi connectivity index (χ2n) is 5.62. The number of hydrogen-bond donors (Lipinski definition) is 1. The van der Waals surface area contributed by atoms with E-state index in [-0.39, 0.29) is 5.56 Å². The molecule has 1 amide bonds. The van der Waals surface area contributed by atoms with E-state index in [0.29, 0.717) is 33.3 Å². The fraction of sp³-hybridized carbons (Fsp3) is 0. The number of nitrogens with zero attached hydrogens (tertiary/aromatic N) is 1. The molecule has 4 nitrogen and oxygen atoms in total. The monoisotopic (exact) mass is 366 g/mol. The van der Waals surface area contributed by atoms with Crippen LogP contribution in [0.3, 0.4) is 0 Å². The Morgan fingerprint density at radius 1 is 1.04 bits per heavy atom. The van der Waals surface area contributed by atoms with Crippen LogP contribution >= 0.6 is 11.6 Å². The summed E-state index contributed by atoms with van der Waals surface area (Å²) in [4.78, 5) is 16.7. The maximum atomic E-state index is 13.7. The summed E-state index contributed by atoms with van der Waals surface area (Å²) < 4.78 is 19.5. The fourth-order valence-electron chi connectivity index (χ4n) is 2.60. The lowest BCUT2D eigenvalue weighted by molar-refractivity contribution is 0.102. The van der Waals surface area contributed by atoms with Crippen molar-refractivity contribution in [2.45, 2.75) is 0 Å². The molecule has 0 saturated heterocycles. The van der Waals surface area contributed by atoms with Crippen LogP contribution in [0.1, 0.15) is 10.4 Å². The Balaban J connectivity index is 1.65. The van der Waals surface area contributed by atoms with Crippen LogP contribution in [0.4, 0.5) is 10.1 Å². The minimum absolute atomic E-state index is 0.0236. The number of hydrogen-bond acceptors (Lipinski definition) is 3. The molecule has 1 heterocycles. The summed E-state index contributed by atoms with van der Waals surface area (Å²) in [6.45, 7) is 0. The third-order valence-corrected chi connectivity index (χ3v) is 4.20. The zero-order valence-electron chi connectivity index (χ0n) is 13.4. The summed E-state index contributed by atoms with van der Waals surface area (Å²) in [5.74, 6) is -0.714. The van der Waals surface area contributed by atoms with Crippen LogP contribution in [-0.2, 0) is 0 Å². The smallest absolute Gasteiger partial charge is 0.258 e. The number of aromatic nitrogens is 1. The minimum atomic E-state index is -0.575. The molecule has 4 aromatic rings. The molecule has 4 rings (SSSR count). The molecule has 6 heteroatoms. The summed E-state index contributed by atoms with van der Waals surface area (Å²) in [7, 11) is 0. The van der Waals surface area contributed by atoms with Gasteiger partial charge >= 0.3 is 0 Å². The number of fused-ring (bicyclic) bond motifs is 1. The molecule has 1 aromatic heterocycles. The van der Waals surface area contributed by atoms with Gasteiger partial charge in [0, 0.05) is 5.69 Å². The summed E-state index contributed by atoms with van der Waals surface area (Å²) in [6.07, 6.45) is 0. The second-order valence-corrected chi connectivity index (χ2v) is 6.02. The van der Waals surface area contributed by atoms with Crippen LogP contribution in [-0.4, -0.2) is 10.9 Å². The molecule has 0 radical (unpaired) electrons. The highest BCUT2D eigenvalue weighted by Crippen LogP contribution is 2.30. The van der Waals surface area contributed by atoms with E-state index >= 15 is 0 Å². The maximum Gasteiger partial charge on any atom is 0.258 e. The third-order valence-electron chi connectivity index (χ3n) is 3.87. The van der Waals surface area contributed by atoms with Gasteiger partial charge in [-0.25, -0.2) is 9.37 Å². The van der Waals surface area contributed by atoms with Gasteiger partial charge in [0.2, 0.25) is 5.89 Å². The number of amides is 1. The van der Waals surface area contributed by atoms with Crippen molar-refractivity contribution in [2.75, 3.05) is 5.32 Å². The van der Waals surface area contributed by atoms with Crippen molar-refractivity contribution in [3.8, 4) is 11.5 Å². The Morgan fingerprint density at radius 3 is 2.62 bits per heavy atom. The Bertz CT molecular complexity index is 1120. The van der Waals surface area contributed by atoms with Crippen molar-refractivity contribution in [1.82, 2.24) is 4.98 Å². The highest BCUT2D eigenvalue weighted by Gasteiger charge is 2.14. The third kappa shape index (κ3) is 3.05. The maximum absolute atomic E-state index is 13.7. The molecule has 0 atom stereocenters. The van der Waals surface area contributed by atoms with Gasteiger partial charge < -0.3 is 9.73 Å². The van der Waals surface area contributed by atoms with Crippen LogP contribution in [0.2, 0.25) is 5.02 Å². The first kappa shape index (κ1) is 16.3. The zero-order chi connectivity index (χ0) is 18.1. The molecule has 3 aromatic carbocycles. The normalized spacial score (nSPS) is 10.8. The van der Waals surface area contributed by atoms with Crippen LogP contribution in [0.5, 0.6) is 0 Å². The molecule has 0 unspecified atom stereocenters. The van der Waals surface area contributed by atoms with E-state index in [2.05, 4.69) is 10.3 Å². The molecule has 26 heavy (non-hydrogen) atoms. The number of carbonyl (C=O) groups is 1. The van der Waals surface area contributed by atoms with E-state index in [1.54, 1.807) is 30.3 Å². The Hall–Kier alpha value is -3.18. The first-order chi connectivity index (χ1) is 12.6. The van der Waals surface area contributed by atoms with E-state index < -0.39 is 11.7 Å². The fourth-order valence-corrected chi connectivity index (χ4v) is 2.82. The Labute approximate surface area is 153 Å². The van der Waals surface area contributed by atoms with Crippen molar-refractivity contribution in [1.29, 1.82) is 0 Å². The first-order valence-corrected chi connectivity index (χ1v) is 8.21. The molecule has 0 aliphatic heterocycles. The van der Waals surface area contributed by atoms with Gasteiger partial charge in [-0.05, 0) is 42.5 Å². The van der Waals surface area contributed by atoms with Crippen LogP contribution in [0.25, 0.3) is 22.6 Å². The lowest BCUT2D eigenvalue weighted by atomic mass is 10.2. The van der Waals surface area contributed by atoms with Crippen molar-refractivity contribution in [3.63, 3.8) is 0 Å². The van der Waals surface area contributed by atoms with Crippen molar-refractivity contribution < 1.29 is 13.6 Å². The van der Waals surface area contributed by atoms with Crippen LogP contribution < -0.4 is 5.32 Å². The largest absolute Gasteiger partial charge is 0.436 e. The molecule has 0 aliphatic carbocycles. The van der Waals surface area contributed by atoms with Gasteiger partial charge in [0.25, 0.3) is 5.91 Å². The topological polar surface area (TPSA) is 55.1 Å². The predicted octanol–water partition coefficient (Wildman–Crippen LogP) is 5.54. The van der Waals surface area contributed by atoms with E-state index in [1.807, 2.05) is 18.2 Å². The Morgan fingerprint density at radius 2 is 1.81 bits per heavy atom. The average Bonchev–Trinajstić information content (AvgIpc) is 3.05. The van der Waals surface area contributed by atoms with E-state index in [9.17, 15) is 9.18 Å². The standard InChI is InChI=1S/C20H12ClFN2O2/c21-15-7-3-1-5-13(15)20-24-17-11-12(9-10-18(17)26-20)23-19(25)14-6-2-4-8-16(14)22/h1-11H,(H,23,25). The second kappa shape index (κ2) is 6.61. The molecule has 0 spiro atoms. The number of rotatable bonds is 3. The predicted molar refractivity (Wildman–Crippen MR) is 98.8 cm³/mol. The minimum Gasteiger partial charge on any atom is -0.436 e. The lowest BCUT2D eigenvalue weighted by Crippen LogP contribution is -2.13. The quantitative estimate of drug-likeness (QED) is 0.518. The van der Waals surface area contributed by atoms with Crippen molar-refractivity contribution in [2.24, 2.45) is 0 Å². The van der Waals surface area contributed by atoms with Gasteiger partial charge in [-0.2, -0.15) is 0 Å². The summed E-state index contributed by atoms with van der Waals surface area (Å²) >= 11 is 6.18. The van der Waals surface area contributed by atoms with Crippen LogP contribution in [0, 0.1) is 5.82 Å². The number of halogens is 2. The first-order valence-electron chi connectivity index (χ1n) is 7.83. The summed E-state index contributed by atoms with van der Waals surface area (Å²) in [5.41, 5.74) is 2.27. The highest BCUT2D eigenvalue weighted by molar-refractivity contribution is 6.33. The highest BCUT2D eigenvalue weighted by atomic mass is 35.5. The number of oxazole rings is 1. The average molecular weight is 367 g/mol. The zero-order valence-corrected chi connectivity index (χ0v) is 14.1. The van der Waals surface area contributed by atoms with Gasteiger partial charge in [0.05, 0.1) is 16.1 Å². The van der Waals surface area contributed by atoms with Gasteiger partial charge in [0.15, 0.2) is 5.58 Å². The molecule has 128 valence electrons. The molecular formula is C20H12ClFN2O2. The molecule has 0 aliphatic rings. The number of anilines is 1. The van der Waals surface area contributed by atoms with Gasteiger partial charge in [0.1, 0.15) is 11.3 Å². The number of carbonyl (C=O) groups excluding carboxylic acids is 1. The van der Waals surface area contributed by atoms with Crippen molar-refractivity contribution >= 4 is 34.3 Å². The van der Waals surface area contributed by atoms with Gasteiger partial charge in [-0.15, -0.1) is 0 Å². The van der Waals surface area contributed by atoms with E-state index in [0.717, 1.165) is 0 Å². The summed E-state index contributed by atoms with van der Waals surface area (Å²) in [5, 5.41) is 3.20. The Kier molecular flexibility index (Phi) is 4.14. The molecule has 0 fully saturated rings. The number of nitrogens with one attached hydrogen (secondary N) is 1. The van der Waals surface area contributed by atoms with Crippen molar-refractivity contribution in [3.05, 3.63) is 83.1 Å². The number of benzene rings is 3. The lowest BCUT2D eigenvalue weighted by Gasteiger charge is -2.05. The summed E-state index contributed by atoms with van der Waals surface area (Å²) in [6, 6.07) is 18.1. The SMILES string of the molecule is O=C(Nc1ccc2oc(-c3ccccc3Cl)nc2c1)c1ccccc1F. The molecule has 0 saturated carbocycles. The molecule has 1 N–H and O–H groups in total. The molecular weight excluding hydrogens is 355 g/mol. The van der Waals surface area contributed by atoms with Gasteiger partial charge in [-0.3, -0.25) is 4.79 Å². The van der Waals surface area contributed by atoms with Crippen LogP contribution in [0.15, 0.2) is 71.1 Å². The van der Waals surface area contributed by atoms with E-state index in [4.69, 9.17) is 16.0 Å². The molecule has 0 bridgehead atoms. The van der Waals surface area contributed by atoms with Gasteiger partial charge in [-0.1, -0.05) is 35.9 Å². The van der Waals surface area contributed by atoms with E-state index in [1.165, 1.54) is 18.2 Å².